The summed E-state index contributed by atoms with van der Waals surface area (Å²) >= 11 is 0. The zero-order valence-electron chi connectivity index (χ0n) is 12.0. The van der Waals surface area contributed by atoms with Gasteiger partial charge in [0.15, 0.2) is 0 Å². The Morgan fingerprint density at radius 2 is 2.19 bits per heavy atom. The van der Waals surface area contributed by atoms with Crippen molar-refractivity contribution < 1.29 is 9.18 Å². The number of para-hydroxylation sites is 1. The van der Waals surface area contributed by atoms with Gasteiger partial charge >= 0.3 is 0 Å². The number of nitrogens with one attached hydrogen (secondary N) is 2. The number of rotatable bonds is 4. The zero-order valence-corrected chi connectivity index (χ0v) is 12.0. The van der Waals surface area contributed by atoms with Crippen LogP contribution in [0.25, 0.3) is 0 Å². The summed E-state index contributed by atoms with van der Waals surface area (Å²) in [5.41, 5.74) is 1.87. The van der Waals surface area contributed by atoms with Crippen LogP contribution in [-0.4, -0.2) is 21.7 Å². The summed E-state index contributed by atoms with van der Waals surface area (Å²) in [6.07, 6.45) is 3.77. The molecule has 1 aliphatic rings. The minimum atomic E-state index is -0.449. The number of anilines is 2. The van der Waals surface area contributed by atoms with Crippen LogP contribution in [0.4, 0.5) is 15.8 Å². The lowest BCUT2D eigenvalue weighted by atomic mass is 10.2. The van der Waals surface area contributed by atoms with Gasteiger partial charge in [-0.1, -0.05) is 6.07 Å². The summed E-state index contributed by atoms with van der Waals surface area (Å²) in [7, 11) is 1.74. The van der Waals surface area contributed by atoms with Crippen molar-refractivity contribution >= 4 is 17.3 Å². The summed E-state index contributed by atoms with van der Waals surface area (Å²) in [4.78, 5) is 12.3. The van der Waals surface area contributed by atoms with E-state index in [-0.39, 0.29) is 11.6 Å². The van der Waals surface area contributed by atoms with Gasteiger partial charge in [-0.05, 0) is 31.9 Å². The van der Waals surface area contributed by atoms with Crippen molar-refractivity contribution in [2.45, 2.75) is 25.8 Å². The second kappa shape index (κ2) is 5.20. The minimum absolute atomic E-state index is 0.192. The number of carbonyl (C=O) groups is 1. The smallest absolute Gasteiger partial charge is 0.259 e. The Labute approximate surface area is 122 Å². The molecule has 1 heterocycles. The van der Waals surface area contributed by atoms with Crippen LogP contribution in [0.5, 0.6) is 0 Å². The maximum absolute atomic E-state index is 14.0. The molecular weight excluding hydrogens is 271 g/mol. The Balaban J connectivity index is 1.86. The van der Waals surface area contributed by atoms with Crippen LogP contribution in [0, 0.1) is 12.7 Å². The van der Waals surface area contributed by atoms with E-state index < -0.39 is 5.82 Å². The summed E-state index contributed by atoms with van der Waals surface area (Å²) in [5, 5.41) is 10.0. The average molecular weight is 288 g/mol. The number of benzene rings is 1. The number of aromatic nitrogens is 2. The van der Waals surface area contributed by atoms with Crippen LogP contribution >= 0.6 is 0 Å². The highest BCUT2D eigenvalue weighted by atomic mass is 19.1. The van der Waals surface area contributed by atoms with Crippen LogP contribution in [0.3, 0.4) is 0 Å². The highest BCUT2D eigenvalue weighted by molar-refractivity contribution is 6.06. The van der Waals surface area contributed by atoms with E-state index in [0.717, 1.165) is 12.8 Å². The number of hydrogen-bond donors (Lipinski definition) is 2. The molecule has 3 rings (SSSR count). The predicted molar refractivity (Wildman–Crippen MR) is 78.9 cm³/mol. The Kier molecular flexibility index (Phi) is 3.37. The number of hydrogen-bond acceptors (Lipinski definition) is 3. The number of amides is 1. The van der Waals surface area contributed by atoms with Gasteiger partial charge in [0.1, 0.15) is 11.5 Å². The van der Waals surface area contributed by atoms with Gasteiger partial charge < -0.3 is 10.6 Å². The lowest BCUT2D eigenvalue weighted by Crippen LogP contribution is -2.16. The van der Waals surface area contributed by atoms with Crippen molar-refractivity contribution in [2.75, 3.05) is 10.6 Å². The third-order valence-electron chi connectivity index (χ3n) is 3.45. The van der Waals surface area contributed by atoms with Gasteiger partial charge in [0, 0.05) is 19.3 Å². The van der Waals surface area contributed by atoms with Gasteiger partial charge in [-0.2, -0.15) is 5.10 Å². The van der Waals surface area contributed by atoms with E-state index in [1.807, 2.05) is 0 Å². The molecule has 6 heteroatoms. The molecule has 1 saturated carbocycles. The summed E-state index contributed by atoms with van der Waals surface area (Å²) < 4.78 is 15.6. The molecule has 1 aliphatic carbocycles. The molecule has 0 radical (unpaired) electrons. The SMILES string of the molecule is Cc1nn(C)cc1C(=O)Nc1c(F)cccc1NC1CC1. The summed E-state index contributed by atoms with van der Waals surface area (Å²) in [6.45, 7) is 1.75. The Morgan fingerprint density at radius 3 is 2.81 bits per heavy atom. The predicted octanol–water partition coefficient (Wildman–Crippen LogP) is 2.69. The van der Waals surface area contributed by atoms with Crippen molar-refractivity contribution in [3.8, 4) is 0 Å². The lowest BCUT2D eigenvalue weighted by molar-refractivity contribution is 0.102. The first-order chi connectivity index (χ1) is 10.0. The van der Waals surface area contributed by atoms with E-state index in [2.05, 4.69) is 15.7 Å². The third-order valence-corrected chi connectivity index (χ3v) is 3.45. The summed E-state index contributed by atoms with van der Waals surface area (Å²) in [5.74, 6) is -0.805. The Morgan fingerprint density at radius 1 is 1.43 bits per heavy atom. The number of halogens is 1. The maximum atomic E-state index is 14.0. The first-order valence-electron chi connectivity index (χ1n) is 6.91. The van der Waals surface area contributed by atoms with E-state index >= 15 is 0 Å². The molecule has 2 N–H and O–H groups in total. The van der Waals surface area contributed by atoms with Gasteiger partial charge in [0.05, 0.1) is 16.9 Å². The molecule has 110 valence electrons. The fourth-order valence-electron chi connectivity index (χ4n) is 2.22. The highest BCUT2D eigenvalue weighted by Crippen LogP contribution is 2.31. The lowest BCUT2D eigenvalue weighted by Gasteiger charge is -2.13. The molecule has 0 spiro atoms. The van der Waals surface area contributed by atoms with Crippen LogP contribution in [0.2, 0.25) is 0 Å². The van der Waals surface area contributed by atoms with E-state index in [0.29, 0.717) is 23.0 Å². The van der Waals surface area contributed by atoms with Crippen molar-refractivity contribution in [1.29, 1.82) is 0 Å². The molecule has 1 aromatic heterocycles. The molecular formula is C15H17FN4O. The molecule has 0 aliphatic heterocycles. The normalized spacial score (nSPS) is 14.0. The molecule has 0 atom stereocenters. The van der Waals surface area contributed by atoms with Gasteiger partial charge in [0.2, 0.25) is 0 Å². The average Bonchev–Trinajstić information content (AvgIpc) is 3.17. The van der Waals surface area contributed by atoms with Crippen molar-refractivity contribution in [1.82, 2.24) is 9.78 Å². The fraction of sp³-hybridized carbons (Fsp3) is 0.333. The van der Waals surface area contributed by atoms with Crippen molar-refractivity contribution in [3.05, 3.63) is 41.5 Å². The molecule has 2 aromatic rings. The van der Waals surface area contributed by atoms with Crippen molar-refractivity contribution in [2.24, 2.45) is 7.05 Å². The first kappa shape index (κ1) is 13.6. The molecule has 1 fully saturated rings. The molecule has 5 nitrogen and oxygen atoms in total. The van der Waals surface area contributed by atoms with E-state index in [1.165, 1.54) is 6.07 Å². The summed E-state index contributed by atoms with van der Waals surface area (Å²) in [6, 6.07) is 5.12. The molecule has 0 saturated heterocycles. The van der Waals surface area contributed by atoms with Crippen LogP contribution in [-0.2, 0) is 7.05 Å². The fourth-order valence-corrected chi connectivity index (χ4v) is 2.22. The quantitative estimate of drug-likeness (QED) is 0.909. The molecule has 0 unspecified atom stereocenters. The molecule has 1 amide bonds. The molecule has 0 bridgehead atoms. The Bertz CT molecular complexity index is 691. The molecule has 21 heavy (non-hydrogen) atoms. The van der Waals surface area contributed by atoms with E-state index in [4.69, 9.17) is 0 Å². The Hall–Kier alpha value is -2.37. The van der Waals surface area contributed by atoms with Gasteiger partial charge in [-0.15, -0.1) is 0 Å². The van der Waals surface area contributed by atoms with Crippen LogP contribution in [0.1, 0.15) is 28.9 Å². The van der Waals surface area contributed by atoms with Gasteiger partial charge in [0.25, 0.3) is 5.91 Å². The van der Waals surface area contributed by atoms with Crippen LogP contribution in [0.15, 0.2) is 24.4 Å². The van der Waals surface area contributed by atoms with Gasteiger partial charge in [-0.3, -0.25) is 9.48 Å². The topological polar surface area (TPSA) is 59.0 Å². The number of nitrogens with zero attached hydrogens (tertiary/aromatic N) is 2. The second-order valence-corrected chi connectivity index (χ2v) is 5.34. The van der Waals surface area contributed by atoms with Gasteiger partial charge in [-0.25, -0.2) is 4.39 Å². The maximum Gasteiger partial charge on any atom is 0.259 e. The third kappa shape index (κ3) is 2.89. The monoisotopic (exact) mass is 288 g/mol. The standard InChI is InChI=1S/C15H17FN4O/c1-9-11(8-20(2)19-9)15(21)18-14-12(16)4-3-5-13(14)17-10-6-7-10/h3-5,8,10,17H,6-7H2,1-2H3,(H,18,21). The van der Waals surface area contributed by atoms with Crippen molar-refractivity contribution in [3.63, 3.8) is 0 Å². The number of carbonyl (C=O) groups excluding carboxylic acids is 1. The minimum Gasteiger partial charge on any atom is -0.381 e. The first-order valence-corrected chi connectivity index (χ1v) is 6.91. The zero-order chi connectivity index (χ0) is 15.0. The van der Waals surface area contributed by atoms with E-state index in [9.17, 15) is 9.18 Å². The highest BCUT2D eigenvalue weighted by Gasteiger charge is 2.23. The molecule has 1 aromatic carbocycles. The number of aryl methyl sites for hydroxylation is 2. The second-order valence-electron chi connectivity index (χ2n) is 5.34. The van der Waals surface area contributed by atoms with E-state index in [1.54, 1.807) is 37.0 Å². The van der Waals surface area contributed by atoms with Crippen LogP contribution < -0.4 is 10.6 Å². The largest absolute Gasteiger partial charge is 0.381 e.